The third-order valence-electron chi connectivity index (χ3n) is 4.45. The number of carbonyl (C=O) groups excluding carboxylic acids is 2. The van der Waals surface area contributed by atoms with Crippen molar-refractivity contribution < 1.29 is 9.59 Å². The molecule has 2 unspecified atom stereocenters. The first-order chi connectivity index (χ1) is 13.5. The molecule has 28 heavy (non-hydrogen) atoms. The maximum absolute atomic E-state index is 12.9. The van der Waals surface area contributed by atoms with Crippen LogP contribution in [0.15, 0.2) is 72.1 Å². The summed E-state index contributed by atoms with van der Waals surface area (Å²) >= 11 is 1.59. The smallest absolute Gasteiger partial charge is 0.312 e. The van der Waals surface area contributed by atoms with Gasteiger partial charge in [-0.1, -0.05) is 66.2 Å². The highest BCUT2D eigenvalue weighted by Gasteiger charge is 2.22. The van der Waals surface area contributed by atoms with Gasteiger partial charge in [0.25, 0.3) is 0 Å². The van der Waals surface area contributed by atoms with E-state index in [-0.39, 0.29) is 18.4 Å². The number of rotatable bonds is 7. The van der Waals surface area contributed by atoms with Crippen molar-refractivity contribution in [2.75, 3.05) is 0 Å². The minimum absolute atomic E-state index is 0.0979. The molecule has 0 aliphatic carbocycles. The van der Waals surface area contributed by atoms with Crippen molar-refractivity contribution in [3.8, 4) is 0 Å². The van der Waals surface area contributed by atoms with Crippen molar-refractivity contribution in [2.24, 2.45) is 5.73 Å². The van der Waals surface area contributed by atoms with Gasteiger partial charge in [-0.2, -0.15) is 0 Å². The molecule has 1 aromatic heterocycles. The quantitative estimate of drug-likeness (QED) is 0.565. The predicted octanol–water partition coefficient (Wildman–Crippen LogP) is 4.06. The van der Waals surface area contributed by atoms with E-state index in [4.69, 9.17) is 5.73 Å². The lowest BCUT2D eigenvalue weighted by Gasteiger charge is -2.22. The van der Waals surface area contributed by atoms with Gasteiger partial charge in [0.2, 0.25) is 5.91 Å². The minimum atomic E-state index is -0.657. The molecule has 4 N–H and O–H groups in total. The number of urea groups is 1. The average molecular weight is 394 g/mol. The van der Waals surface area contributed by atoms with E-state index in [0.29, 0.717) is 0 Å². The molecule has 144 valence electrons. The molecule has 0 fully saturated rings. The van der Waals surface area contributed by atoms with Crippen LogP contribution in [0, 0.1) is 6.92 Å². The molecule has 3 amide bonds. The monoisotopic (exact) mass is 393 g/mol. The average Bonchev–Trinajstić information content (AvgIpc) is 3.21. The van der Waals surface area contributed by atoms with Crippen molar-refractivity contribution >= 4 is 23.3 Å². The minimum Gasteiger partial charge on any atom is -0.352 e. The van der Waals surface area contributed by atoms with Crippen molar-refractivity contribution in [1.82, 2.24) is 10.6 Å². The van der Waals surface area contributed by atoms with Crippen LogP contribution in [0.25, 0.3) is 0 Å². The summed E-state index contributed by atoms with van der Waals surface area (Å²) < 4.78 is 0. The molecule has 2 atom stereocenters. The SMILES string of the molecule is Cc1ccc(C(NC(=O)CC(NC(N)=O)c2ccccc2)c2cccs2)cc1. The van der Waals surface area contributed by atoms with E-state index in [2.05, 4.69) is 10.6 Å². The van der Waals surface area contributed by atoms with Gasteiger partial charge in [-0.3, -0.25) is 4.79 Å². The molecule has 0 saturated heterocycles. The summed E-state index contributed by atoms with van der Waals surface area (Å²) in [6, 6.07) is 20.0. The van der Waals surface area contributed by atoms with E-state index >= 15 is 0 Å². The number of benzene rings is 2. The highest BCUT2D eigenvalue weighted by Crippen LogP contribution is 2.27. The van der Waals surface area contributed by atoms with E-state index in [9.17, 15) is 9.59 Å². The largest absolute Gasteiger partial charge is 0.352 e. The first kappa shape index (κ1) is 19.6. The normalized spacial score (nSPS) is 12.8. The molecule has 6 heteroatoms. The summed E-state index contributed by atoms with van der Waals surface area (Å²) in [6.45, 7) is 2.03. The maximum Gasteiger partial charge on any atom is 0.312 e. The fourth-order valence-electron chi connectivity index (χ4n) is 3.05. The van der Waals surface area contributed by atoms with Crippen LogP contribution in [0.1, 0.15) is 40.1 Å². The number of nitrogens with one attached hydrogen (secondary N) is 2. The van der Waals surface area contributed by atoms with Crippen molar-refractivity contribution in [3.63, 3.8) is 0 Å². The van der Waals surface area contributed by atoms with Gasteiger partial charge in [-0.05, 0) is 29.5 Å². The number of thiophene rings is 1. The van der Waals surface area contributed by atoms with Gasteiger partial charge < -0.3 is 16.4 Å². The Labute approximate surface area is 168 Å². The molecule has 0 aliphatic heterocycles. The Morgan fingerprint density at radius 1 is 0.929 bits per heavy atom. The van der Waals surface area contributed by atoms with Gasteiger partial charge in [0.05, 0.1) is 18.5 Å². The first-order valence-electron chi connectivity index (χ1n) is 9.03. The van der Waals surface area contributed by atoms with Gasteiger partial charge in [0, 0.05) is 4.88 Å². The number of carbonyl (C=O) groups is 2. The zero-order valence-electron chi connectivity index (χ0n) is 15.6. The summed E-state index contributed by atoms with van der Waals surface area (Å²) in [5, 5.41) is 7.76. The third-order valence-corrected chi connectivity index (χ3v) is 5.39. The molecule has 0 radical (unpaired) electrons. The van der Waals surface area contributed by atoms with Gasteiger partial charge >= 0.3 is 6.03 Å². The van der Waals surface area contributed by atoms with E-state index in [1.54, 1.807) is 11.3 Å². The molecule has 2 aromatic carbocycles. The fraction of sp³-hybridized carbons (Fsp3) is 0.182. The highest BCUT2D eigenvalue weighted by atomic mass is 32.1. The van der Waals surface area contributed by atoms with Crippen LogP contribution in [0.3, 0.4) is 0 Å². The highest BCUT2D eigenvalue weighted by molar-refractivity contribution is 7.10. The van der Waals surface area contributed by atoms with E-state index < -0.39 is 12.1 Å². The summed E-state index contributed by atoms with van der Waals surface area (Å²) in [4.78, 5) is 25.3. The number of aryl methyl sites for hydroxylation is 1. The van der Waals surface area contributed by atoms with Crippen LogP contribution < -0.4 is 16.4 Å². The molecule has 3 aromatic rings. The zero-order chi connectivity index (χ0) is 19.9. The standard InChI is InChI=1S/C22H23N3O2S/c1-15-9-11-17(12-10-15)21(19-8-5-13-28-19)25-20(26)14-18(24-22(23)27)16-6-3-2-4-7-16/h2-13,18,21H,14H2,1H3,(H,25,26)(H3,23,24,27). The predicted molar refractivity (Wildman–Crippen MR) is 112 cm³/mol. The second kappa shape index (κ2) is 9.19. The molecule has 0 aliphatic rings. The lowest BCUT2D eigenvalue weighted by Crippen LogP contribution is -2.37. The van der Waals surface area contributed by atoms with Gasteiger partial charge in [-0.25, -0.2) is 4.79 Å². The lowest BCUT2D eigenvalue weighted by molar-refractivity contribution is -0.122. The van der Waals surface area contributed by atoms with Crippen molar-refractivity contribution in [1.29, 1.82) is 0 Å². The molecular formula is C22H23N3O2S. The van der Waals surface area contributed by atoms with Gasteiger partial charge in [0.15, 0.2) is 0 Å². The second-order valence-electron chi connectivity index (χ2n) is 6.60. The fourth-order valence-corrected chi connectivity index (χ4v) is 3.85. The van der Waals surface area contributed by atoms with Crippen molar-refractivity contribution in [2.45, 2.75) is 25.4 Å². The summed E-state index contributed by atoms with van der Waals surface area (Å²) in [6.07, 6.45) is 0.0979. The molecule has 3 rings (SSSR count). The Morgan fingerprint density at radius 2 is 1.64 bits per heavy atom. The van der Waals surface area contributed by atoms with Crippen LogP contribution in [0.4, 0.5) is 4.79 Å². The second-order valence-corrected chi connectivity index (χ2v) is 7.58. The summed E-state index contributed by atoms with van der Waals surface area (Å²) in [5.74, 6) is -0.165. The lowest BCUT2D eigenvalue weighted by atomic mass is 10.0. The van der Waals surface area contributed by atoms with Crippen LogP contribution in [-0.4, -0.2) is 11.9 Å². The number of hydrogen-bond acceptors (Lipinski definition) is 3. The van der Waals surface area contributed by atoms with Gasteiger partial charge in [0.1, 0.15) is 0 Å². The Kier molecular flexibility index (Phi) is 6.45. The number of hydrogen-bond donors (Lipinski definition) is 3. The summed E-state index contributed by atoms with van der Waals surface area (Å²) in [7, 11) is 0. The van der Waals surface area contributed by atoms with Crippen LogP contribution in [0.5, 0.6) is 0 Å². The van der Waals surface area contributed by atoms with Crippen LogP contribution in [-0.2, 0) is 4.79 Å². The summed E-state index contributed by atoms with van der Waals surface area (Å²) in [5.41, 5.74) is 8.32. The molecule has 0 spiro atoms. The number of nitrogens with two attached hydrogens (primary N) is 1. The van der Waals surface area contributed by atoms with E-state index in [0.717, 1.165) is 21.6 Å². The van der Waals surface area contributed by atoms with Crippen LogP contribution in [0.2, 0.25) is 0 Å². The maximum atomic E-state index is 12.9. The Morgan fingerprint density at radius 3 is 2.25 bits per heavy atom. The van der Waals surface area contributed by atoms with E-state index in [1.807, 2.05) is 79.0 Å². The van der Waals surface area contributed by atoms with Crippen LogP contribution >= 0.6 is 11.3 Å². The molecular weight excluding hydrogens is 370 g/mol. The Bertz CT molecular complexity index is 909. The third kappa shape index (κ3) is 5.20. The topological polar surface area (TPSA) is 84.2 Å². The zero-order valence-corrected chi connectivity index (χ0v) is 16.4. The Hall–Kier alpha value is -3.12. The number of primary amides is 1. The van der Waals surface area contributed by atoms with Gasteiger partial charge in [-0.15, -0.1) is 11.3 Å². The molecule has 1 heterocycles. The van der Waals surface area contributed by atoms with E-state index in [1.165, 1.54) is 0 Å². The van der Waals surface area contributed by atoms with Crippen molar-refractivity contribution in [3.05, 3.63) is 93.7 Å². The molecule has 5 nitrogen and oxygen atoms in total. The number of amides is 3. The Balaban J connectivity index is 1.79. The molecule has 0 saturated carbocycles. The molecule has 0 bridgehead atoms. The first-order valence-corrected chi connectivity index (χ1v) is 9.91.